The normalized spacial score (nSPS) is 12.2. The molecule has 2 heterocycles. The van der Waals surface area contributed by atoms with Gasteiger partial charge in [-0.1, -0.05) is 71.7 Å². The minimum Gasteiger partial charge on any atom is -0.290 e. The fourth-order valence-corrected chi connectivity index (χ4v) is 5.10. The molecule has 0 fully saturated rings. The molecule has 0 aliphatic carbocycles. The van der Waals surface area contributed by atoms with Gasteiger partial charge in [0.25, 0.3) is 0 Å². The first-order valence-electron chi connectivity index (χ1n) is 9.18. The Morgan fingerprint density at radius 1 is 0.633 bits per heavy atom. The third kappa shape index (κ3) is 4.66. The van der Waals surface area contributed by atoms with Crippen LogP contribution in [-0.2, 0) is 4.79 Å². The average molecular weight is 467 g/mol. The van der Waals surface area contributed by atoms with Crippen molar-refractivity contribution in [3.8, 4) is 0 Å². The summed E-state index contributed by atoms with van der Waals surface area (Å²) in [4.78, 5) is 15.2. The van der Waals surface area contributed by atoms with Crippen LogP contribution in [0.25, 0.3) is 11.1 Å². The van der Waals surface area contributed by atoms with E-state index in [2.05, 4.69) is 0 Å². The van der Waals surface area contributed by atoms with Gasteiger partial charge in [0.1, 0.15) is 0 Å². The van der Waals surface area contributed by atoms with Crippen LogP contribution in [0.4, 0.5) is 0 Å². The van der Waals surface area contributed by atoms with Crippen molar-refractivity contribution in [1.82, 2.24) is 0 Å². The maximum atomic E-state index is 13.2. The summed E-state index contributed by atoms with van der Waals surface area (Å²) in [7, 11) is 0. The van der Waals surface area contributed by atoms with Gasteiger partial charge in [0.15, 0.2) is 5.78 Å². The molecule has 30 heavy (non-hydrogen) atoms. The molecule has 148 valence electrons. The predicted molar refractivity (Wildman–Crippen MR) is 131 cm³/mol. The molecule has 0 saturated carbocycles. The number of hydrogen-bond donors (Lipinski definition) is 0. The molecule has 0 unspecified atom stereocenters. The molecule has 0 N–H and O–H groups in total. The van der Waals surface area contributed by atoms with Crippen molar-refractivity contribution < 1.29 is 4.79 Å². The first-order valence-corrected chi connectivity index (χ1v) is 11.7. The maximum Gasteiger partial charge on any atom is 0.179 e. The molecule has 1 nitrogen and oxygen atoms in total. The van der Waals surface area contributed by atoms with Crippen molar-refractivity contribution in [3.63, 3.8) is 0 Å². The summed E-state index contributed by atoms with van der Waals surface area (Å²) in [5.74, 6) is -0.123. The topological polar surface area (TPSA) is 17.1 Å². The van der Waals surface area contributed by atoms with Crippen LogP contribution in [0, 0.1) is 0 Å². The van der Waals surface area contributed by atoms with E-state index in [0.717, 1.165) is 32.0 Å². The molecule has 0 amide bonds. The number of halogens is 2. The van der Waals surface area contributed by atoms with Crippen molar-refractivity contribution in [2.45, 2.75) is 0 Å². The minimum atomic E-state index is -0.123. The van der Waals surface area contributed by atoms with Crippen LogP contribution in [0.3, 0.4) is 0 Å². The van der Waals surface area contributed by atoms with E-state index in [9.17, 15) is 4.79 Å². The molecule has 0 radical (unpaired) electrons. The molecule has 0 bridgehead atoms. The molecule has 0 aliphatic rings. The molecule has 0 spiro atoms. The summed E-state index contributed by atoms with van der Waals surface area (Å²) >= 11 is 16.0. The monoisotopic (exact) mass is 466 g/mol. The fourth-order valence-electron chi connectivity index (χ4n) is 3.11. The Morgan fingerprint density at radius 3 is 1.43 bits per heavy atom. The van der Waals surface area contributed by atoms with Crippen LogP contribution in [-0.4, -0.2) is 5.78 Å². The molecule has 4 aromatic rings. The van der Waals surface area contributed by atoms with Crippen LogP contribution in [0.5, 0.6) is 0 Å². The van der Waals surface area contributed by atoms with Gasteiger partial charge >= 0.3 is 0 Å². The standard InChI is InChI=1S/C25H16Cl2OS2/c26-22-9-3-1-7-18(22)20(24-11-5-13-29-24)15-17(28)16-21(25-12-6-14-30-25)19-8-2-4-10-23(19)27/h1-16H. The number of benzene rings is 2. The zero-order valence-electron chi connectivity index (χ0n) is 15.7. The summed E-state index contributed by atoms with van der Waals surface area (Å²) in [6.45, 7) is 0. The maximum absolute atomic E-state index is 13.2. The summed E-state index contributed by atoms with van der Waals surface area (Å²) < 4.78 is 0. The van der Waals surface area contributed by atoms with Crippen LogP contribution < -0.4 is 0 Å². The Balaban J connectivity index is 1.82. The Morgan fingerprint density at radius 2 is 1.07 bits per heavy atom. The lowest BCUT2D eigenvalue weighted by Gasteiger charge is -2.09. The third-order valence-electron chi connectivity index (χ3n) is 4.47. The number of ketones is 1. The minimum absolute atomic E-state index is 0.123. The van der Waals surface area contributed by atoms with Crippen LogP contribution in [0.2, 0.25) is 10.0 Å². The highest BCUT2D eigenvalue weighted by atomic mass is 35.5. The highest BCUT2D eigenvalue weighted by Crippen LogP contribution is 2.34. The molecule has 5 heteroatoms. The Labute approximate surface area is 193 Å². The van der Waals surface area contributed by atoms with Crippen molar-refractivity contribution >= 4 is 62.8 Å². The summed E-state index contributed by atoms with van der Waals surface area (Å²) in [5.41, 5.74) is 3.28. The summed E-state index contributed by atoms with van der Waals surface area (Å²) in [6.07, 6.45) is 3.30. The van der Waals surface area contributed by atoms with E-state index in [-0.39, 0.29) is 5.78 Å². The molecule has 2 aromatic carbocycles. The van der Waals surface area contributed by atoms with Gasteiger partial charge in [-0.3, -0.25) is 4.79 Å². The number of allylic oxidation sites excluding steroid dienone is 2. The van der Waals surface area contributed by atoms with Gasteiger partial charge in [-0.2, -0.15) is 0 Å². The number of carbonyl (C=O) groups is 1. The van der Waals surface area contributed by atoms with E-state index in [0.29, 0.717) is 10.0 Å². The second kappa shape index (κ2) is 9.59. The average Bonchev–Trinajstić information content (AvgIpc) is 3.46. The predicted octanol–water partition coefficient (Wildman–Crippen LogP) is 8.25. The van der Waals surface area contributed by atoms with Gasteiger partial charge in [-0.05, 0) is 47.2 Å². The van der Waals surface area contributed by atoms with Crippen molar-refractivity contribution in [2.24, 2.45) is 0 Å². The van der Waals surface area contributed by atoms with E-state index >= 15 is 0 Å². The largest absolute Gasteiger partial charge is 0.290 e. The zero-order valence-corrected chi connectivity index (χ0v) is 18.9. The smallest absolute Gasteiger partial charge is 0.179 e. The van der Waals surface area contributed by atoms with Crippen molar-refractivity contribution in [2.75, 3.05) is 0 Å². The number of hydrogen-bond acceptors (Lipinski definition) is 3. The van der Waals surface area contributed by atoms with Gasteiger partial charge in [0, 0.05) is 42.1 Å². The van der Waals surface area contributed by atoms with Crippen LogP contribution in [0.15, 0.2) is 95.7 Å². The molecule has 4 rings (SSSR count). The second-order valence-corrected chi connectivity index (χ2v) is 9.14. The third-order valence-corrected chi connectivity index (χ3v) is 6.94. The first kappa shape index (κ1) is 20.8. The second-order valence-electron chi connectivity index (χ2n) is 6.43. The number of carbonyl (C=O) groups excluding carboxylic acids is 1. The lowest BCUT2D eigenvalue weighted by molar-refractivity contribution is -0.110. The van der Waals surface area contributed by atoms with Gasteiger partial charge in [0.2, 0.25) is 0 Å². The highest BCUT2D eigenvalue weighted by molar-refractivity contribution is 7.11. The van der Waals surface area contributed by atoms with E-state index in [1.165, 1.54) is 0 Å². The SMILES string of the molecule is O=C(C=C(c1cccs1)c1ccccc1Cl)C=C(c1cccs1)c1ccccc1Cl. The van der Waals surface area contributed by atoms with Gasteiger partial charge in [0.05, 0.1) is 0 Å². The molecule has 2 aromatic heterocycles. The molecule has 0 aliphatic heterocycles. The van der Waals surface area contributed by atoms with Crippen LogP contribution in [0.1, 0.15) is 20.9 Å². The Bertz CT molecular complexity index is 1120. The molecular formula is C25H16Cl2OS2. The van der Waals surface area contributed by atoms with Gasteiger partial charge < -0.3 is 0 Å². The zero-order chi connectivity index (χ0) is 20.9. The fraction of sp³-hybridized carbons (Fsp3) is 0. The lowest BCUT2D eigenvalue weighted by Crippen LogP contribution is -1.96. The van der Waals surface area contributed by atoms with E-state index in [4.69, 9.17) is 23.2 Å². The van der Waals surface area contributed by atoms with Gasteiger partial charge in [-0.15, -0.1) is 22.7 Å². The van der Waals surface area contributed by atoms with E-state index in [1.807, 2.05) is 83.6 Å². The summed E-state index contributed by atoms with van der Waals surface area (Å²) in [6, 6.07) is 23.0. The van der Waals surface area contributed by atoms with Crippen molar-refractivity contribution in [3.05, 3.63) is 127 Å². The Hall–Kier alpha value is -2.43. The quantitative estimate of drug-likeness (QED) is 0.261. The number of rotatable bonds is 6. The summed E-state index contributed by atoms with van der Waals surface area (Å²) in [5, 5.41) is 5.19. The lowest BCUT2D eigenvalue weighted by atomic mass is 9.99. The van der Waals surface area contributed by atoms with Crippen molar-refractivity contribution in [1.29, 1.82) is 0 Å². The Kier molecular flexibility index (Phi) is 6.66. The van der Waals surface area contributed by atoms with E-state index in [1.54, 1.807) is 34.8 Å². The first-order chi connectivity index (χ1) is 14.6. The van der Waals surface area contributed by atoms with Crippen LogP contribution >= 0.6 is 45.9 Å². The van der Waals surface area contributed by atoms with Gasteiger partial charge in [-0.25, -0.2) is 0 Å². The highest BCUT2D eigenvalue weighted by Gasteiger charge is 2.14. The number of thiophene rings is 2. The molecular weight excluding hydrogens is 451 g/mol. The molecule has 0 atom stereocenters. The molecule has 0 saturated heterocycles. The van der Waals surface area contributed by atoms with E-state index < -0.39 is 0 Å².